The van der Waals surface area contributed by atoms with E-state index in [1.54, 1.807) is 18.2 Å². The predicted molar refractivity (Wildman–Crippen MR) is 81.4 cm³/mol. The van der Waals surface area contributed by atoms with Crippen LogP contribution in [0.15, 0.2) is 30.3 Å². The quantitative estimate of drug-likeness (QED) is 0.904. The summed E-state index contributed by atoms with van der Waals surface area (Å²) in [5, 5.41) is 19.9. The normalized spacial score (nSPS) is 16.4. The fourth-order valence-electron chi connectivity index (χ4n) is 2.59. The van der Waals surface area contributed by atoms with Gasteiger partial charge in [-0.3, -0.25) is 4.79 Å². The van der Waals surface area contributed by atoms with Crippen LogP contribution in [0.1, 0.15) is 17.2 Å². The molecule has 1 aliphatic heterocycles. The molecular weight excluding hydrogens is 300 g/mol. The molecule has 2 aromatic carbocycles. The molecule has 1 unspecified atom stereocenters. The molecule has 6 heteroatoms. The number of ketones is 1. The van der Waals surface area contributed by atoms with E-state index < -0.39 is 6.10 Å². The maximum absolute atomic E-state index is 12.3. The van der Waals surface area contributed by atoms with Crippen molar-refractivity contribution in [2.75, 3.05) is 14.2 Å². The first kappa shape index (κ1) is 15.0. The Morgan fingerprint density at radius 1 is 1.09 bits per heavy atom. The molecule has 0 bridgehead atoms. The molecule has 6 nitrogen and oxygen atoms in total. The van der Waals surface area contributed by atoms with Gasteiger partial charge in [0.2, 0.25) is 0 Å². The van der Waals surface area contributed by atoms with Gasteiger partial charge in [0, 0.05) is 29.7 Å². The second-order valence-electron chi connectivity index (χ2n) is 5.20. The predicted octanol–water partition coefficient (Wildman–Crippen LogP) is 2.36. The molecule has 0 aliphatic carbocycles. The number of hydrogen-bond acceptors (Lipinski definition) is 6. The van der Waals surface area contributed by atoms with Gasteiger partial charge in [0.25, 0.3) is 0 Å². The van der Waals surface area contributed by atoms with E-state index in [-0.39, 0.29) is 23.7 Å². The van der Waals surface area contributed by atoms with E-state index in [2.05, 4.69) is 0 Å². The van der Waals surface area contributed by atoms with E-state index >= 15 is 0 Å². The van der Waals surface area contributed by atoms with Crippen molar-refractivity contribution in [2.24, 2.45) is 0 Å². The fourth-order valence-corrected chi connectivity index (χ4v) is 2.59. The summed E-state index contributed by atoms with van der Waals surface area (Å²) in [5.74, 6) is 0.831. The number of phenols is 2. The summed E-state index contributed by atoms with van der Waals surface area (Å²) in [5.41, 5.74) is 0.950. The summed E-state index contributed by atoms with van der Waals surface area (Å²) < 4.78 is 15.8. The second-order valence-corrected chi connectivity index (χ2v) is 5.20. The highest BCUT2D eigenvalue weighted by Crippen LogP contribution is 2.41. The summed E-state index contributed by atoms with van der Waals surface area (Å²) in [6, 6.07) is 7.73. The van der Waals surface area contributed by atoms with Crippen LogP contribution < -0.4 is 14.2 Å². The number of Topliss-reactive ketones (excluding diaryl/α,β-unsaturated/α-hetero) is 1. The Morgan fingerprint density at radius 3 is 2.52 bits per heavy atom. The Kier molecular flexibility index (Phi) is 3.73. The molecule has 23 heavy (non-hydrogen) atoms. The molecule has 2 aromatic rings. The number of benzene rings is 2. The number of aromatic hydroxyl groups is 2. The van der Waals surface area contributed by atoms with Gasteiger partial charge in [-0.1, -0.05) is 6.07 Å². The minimum Gasteiger partial charge on any atom is -0.507 e. The lowest BCUT2D eigenvalue weighted by molar-refractivity contribution is -0.126. The number of carbonyl (C=O) groups is 1. The highest BCUT2D eigenvalue weighted by atomic mass is 16.5. The lowest BCUT2D eigenvalue weighted by Gasteiger charge is -2.26. The maximum atomic E-state index is 12.3. The van der Waals surface area contributed by atoms with Crippen molar-refractivity contribution in [3.05, 3.63) is 41.5 Å². The van der Waals surface area contributed by atoms with Gasteiger partial charge < -0.3 is 24.4 Å². The van der Waals surface area contributed by atoms with Crippen LogP contribution in [-0.4, -0.2) is 30.2 Å². The Balaban J connectivity index is 1.99. The van der Waals surface area contributed by atoms with E-state index in [1.165, 1.54) is 26.4 Å². The van der Waals surface area contributed by atoms with Crippen LogP contribution in [0.25, 0.3) is 0 Å². The van der Waals surface area contributed by atoms with Gasteiger partial charge in [0.15, 0.2) is 23.4 Å². The number of rotatable bonds is 3. The summed E-state index contributed by atoms with van der Waals surface area (Å²) in [7, 11) is 2.93. The largest absolute Gasteiger partial charge is 0.507 e. The van der Waals surface area contributed by atoms with Crippen molar-refractivity contribution < 1.29 is 29.2 Å². The van der Waals surface area contributed by atoms with E-state index in [0.717, 1.165) is 0 Å². The van der Waals surface area contributed by atoms with Gasteiger partial charge in [-0.2, -0.15) is 0 Å². The van der Waals surface area contributed by atoms with Gasteiger partial charge in [0.05, 0.1) is 14.2 Å². The third-order valence-electron chi connectivity index (χ3n) is 3.79. The van der Waals surface area contributed by atoms with Crippen LogP contribution in [0, 0.1) is 0 Å². The lowest BCUT2D eigenvalue weighted by Crippen LogP contribution is -2.25. The number of phenolic OH excluding ortho intramolecular Hbond substituents is 2. The number of methoxy groups -OCH3 is 2. The molecule has 0 radical (unpaired) electrons. The summed E-state index contributed by atoms with van der Waals surface area (Å²) in [6.45, 7) is 0. The number of carbonyl (C=O) groups excluding carboxylic acids is 1. The van der Waals surface area contributed by atoms with Gasteiger partial charge in [-0.25, -0.2) is 0 Å². The van der Waals surface area contributed by atoms with Crippen LogP contribution >= 0.6 is 0 Å². The Labute approximate surface area is 132 Å². The first-order valence-corrected chi connectivity index (χ1v) is 6.99. The summed E-state index contributed by atoms with van der Waals surface area (Å²) in [4.78, 5) is 12.3. The molecule has 0 fully saturated rings. The van der Waals surface area contributed by atoms with Crippen molar-refractivity contribution in [3.63, 3.8) is 0 Å². The van der Waals surface area contributed by atoms with E-state index in [9.17, 15) is 15.0 Å². The average Bonchev–Trinajstić information content (AvgIpc) is 2.54. The molecular formula is C17H16O6. The lowest BCUT2D eigenvalue weighted by atomic mass is 9.95. The smallest absolute Gasteiger partial charge is 0.182 e. The van der Waals surface area contributed by atoms with Crippen molar-refractivity contribution in [1.29, 1.82) is 0 Å². The molecule has 0 saturated heterocycles. The van der Waals surface area contributed by atoms with Crippen LogP contribution in [0.3, 0.4) is 0 Å². The highest BCUT2D eigenvalue weighted by molar-refractivity contribution is 5.89. The molecule has 3 rings (SSSR count). The monoisotopic (exact) mass is 316 g/mol. The fraction of sp³-hybridized carbons (Fsp3) is 0.235. The summed E-state index contributed by atoms with van der Waals surface area (Å²) in [6.07, 6.45) is -0.811. The van der Waals surface area contributed by atoms with Crippen molar-refractivity contribution in [3.8, 4) is 28.7 Å². The Morgan fingerprint density at radius 2 is 1.87 bits per heavy atom. The third kappa shape index (κ3) is 2.63. The first-order valence-electron chi connectivity index (χ1n) is 6.99. The van der Waals surface area contributed by atoms with E-state index in [4.69, 9.17) is 14.2 Å². The molecule has 1 atom stereocenters. The Hall–Kier alpha value is -2.89. The minimum absolute atomic E-state index is 0.0382. The van der Waals surface area contributed by atoms with Crippen LogP contribution in [0.4, 0.5) is 0 Å². The molecule has 120 valence electrons. The van der Waals surface area contributed by atoms with Crippen molar-refractivity contribution >= 4 is 5.78 Å². The van der Waals surface area contributed by atoms with E-state index in [1.807, 2.05) is 0 Å². The molecule has 0 amide bonds. The van der Waals surface area contributed by atoms with Crippen LogP contribution in [-0.2, 0) is 11.2 Å². The number of hydrogen-bond donors (Lipinski definition) is 2. The van der Waals surface area contributed by atoms with Crippen molar-refractivity contribution in [2.45, 2.75) is 12.5 Å². The SMILES string of the molecule is COc1cc(O)c2c(c1)OC(c1ccc(OC)c(O)c1)C(=O)C2. The third-order valence-corrected chi connectivity index (χ3v) is 3.79. The summed E-state index contributed by atoms with van der Waals surface area (Å²) >= 11 is 0. The molecule has 1 heterocycles. The minimum atomic E-state index is -0.856. The molecule has 0 aromatic heterocycles. The molecule has 0 saturated carbocycles. The standard InChI is InChI=1S/C17H16O6/c1-21-10-6-12(18)11-8-14(20)17(23-16(11)7-10)9-3-4-15(22-2)13(19)5-9/h3-7,17-19H,8H2,1-2H3. The van der Waals surface area contributed by atoms with E-state index in [0.29, 0.717) is 28.4 Å². The van der Waals surface area contributed by atoms with Gasteiger partial charge >= 0.3 is 0 Å². The highest BCUT2D eigenvalue weighted by Gasteiger charge is 2.32. The topological polar surface area (TPSA) is 85.2 Å². The van der Waals surface area contributed by atoms with Gasteiger partial charge in [0.1, 0.15) is 17.2 Å². The zero-order valence-corrected chi connectivity index (χ0v) is 12.7. The molecule has 1 aliphatic rings. The molecule has 0 spiro atoms. The van der Waals surface area contributed by atoms with Gasteiger partial charge in [-0.05, 0) is 12.1 Å². The van der Waals surface area contributed by atoms with Gasteiger partial charge in [-0.15, -0.1) is 0 Å². The Bertz CT molecular complexity index is 768. The van der Waals surface area contributed by atoms with Crippen molar-refractivity contribution in [1.82, 2.24) is 0 Å². The van der Waals surface area contributed by atoms with Crippen LogP contribution in [0.2, 0.25) is 0 Å². The maximum Gasteiger partial charge on any atom is 0.182 e. The number of fused-ring (bicyclic) bond motifs is 1. The zero-order valence-electron chi connectivity index (χ0n) is 12.7. The zero-order chi connectivity index (χ0) is 16.6. The van der Waals surface area contributed by atoms with Crippen LogP contribution in [0.5, 0.6) is 28.7 Å². The first-order chi connectivity index (χ1) is 11.0. The molecule has 2 N–H and O–H groups in total. The number of ether oxygens (including phenoxy) is 3. The second kappa shape index (κ2) is 5.72. The average molecular weight is 316 g/mol.